The predicted octanol–water partition coefficient (Wildman–Crippen LogP) is 0.178. The van der Waals surface area contributed by atoms with Crippen molar-refractivity contribution in [2.24, 2.45) is 4.99 Å². The van der Waals surface area contributed by atoms with Crippen molar-refractivity contribution in [2.45, 2.75) is 0 Å². The standard InChI is InChI=1S/C5H6FNO3S/c1-5(2-7-4-8)3-11(6,9)10/h1-3H2. The number of aliphatic imine (C=N–C) groups is 1. The highest BCUT2D eigenvalue weighted by molar-refractivity contribution is 7.86. The largest absolute Gasteiger partial charge is 0.306 e. The van der Waals surface area contributed by atoms with E-state index in [1.165, 1.54) is 6.08 Å². The van der Waals surface area contributed by atoms with Crippen LogP contribution < -0.4 is 0 Å². The van der Waals surface area contributed by atoms with Crippen LogP contribution >= 0.6 is 0 Å². The molecule has 0 rings (SSSR count). The smallest absolute Gasteiger partial charge is 0.211 e. The molecule has 0 saturated heterocycles. The lowest BCUT2D eigenvalue weighted by Crippen LogP contribution is -2.03. The maximum absolute atomic E-state index is 11.8. The summed E-state index contributed by atoms with van der Waals surface area (Å²) in [6.45, 7) is 2.98. The first kappa shape index (κ1) is 10.0. The molecule has 0 atom stereocenters. The van der Waals surface area contributed by atoms with Gasteiger partial charge in [0.25, 0.3) is 0 Å². The van der Waals surface area contributed by atoms with Gasteiger partial charge in [-0.15, -0.1) is 3.89 Å². The van der Waals surface area contributed by atoms with Crippen LogP contribution in [0.3, 0.4) is 0 Å². The van der Waals surface area contributed by atoms with Crippen LogP contribution in [0.2, 0.25) is 0 Å². The molecule has 0 bridgehead atoms. The van der Waals surface area contributed by atoms with Gasteiger partial charge in [-0.1, -0.05) is 6.58 Å². The third-order valence-electron chi connectivity index (χ3n) is 0.744. The number of isocyanates is 1. The highest BCUT2D eigenvalue weighted by atomic mass is 32.3. The van der Waals surface area contributed by atoms with Gasteiger partial charge in [-0.3, -0.25) is 0 Å². The van der Waals surface area contributed by atoms with Gasteiger partial charge in [0.15, 0.2) is 0 Å². The number of hydrogen-bond donors (Lipinski definition) is 0. The van der Waals surface area contributed by atoms with Crippen molar-refractivity contribution in [2.75, 3.05) is 12.3 Å². The molecule has 4 nitrogen and oxygen atoms in total. The van der Waals surface area contributed by atoms with Crippen molar-refractivity contribution in [3.63, 3.8) is 0 Å². The van der Waals surface area contributed by atoms with E-state index in [1.807, 2.05) is 0 Å². The number of rotatable bonds is 4. The Labute approximate surface area is 63.7 Å². The van der Waals surface area contributed by atoms with Crippen LogP contribution in [0, 0.1) is 0 Å². The second-order valence-electron chi connectivity index (χ2n) is 1.84. The summed E-state index contributed by atoms with van der Waals surface area (Å²) in [6, 6.07) is 0. The van der Waals surface area contributed by atoms with Crippen LogP contribution in [0.4, 0.5) is 3.89 Å². The summed E-state index contributed by atoms with van der Waals surface area (Å²) in [6.07, 6.45) is 1.18. The van der Waals surface area contributed by atoms with Crippen LogP contribution in [0.1, 0.15) is 0 Å². The highest BCUT2D eigenvalue weighted by Gasteiger charge is 2.08. The first-order chi connectivity index (χ1) is 4.95. The molecule has 11 heavy (non-hydrogen) atoms. The van der Waals surface area contributed by atoms with Gasteiger partial charge in [0.05, 0.1) is 6.54 Å². The Bertz CT molecular complexity index is 289. The summed E-state index contributed by atoms with van der Waals surface area (Å²) in [5.41, 5.74) is 0.0239. The molecule has 0 aliphatic rings. The van der Waals surface area contributed by atoms with Crippen molar-refractivity contribution in [1.29, 1.82) is 0 Å². The average Bonchev–Trinajstić information content (AvgIpc) is 1.79. The van der Waals surface area contributed by atoms with Crippen molar-refractivity contribution >= 4 is 16.3 Å². The maximum Gasteiger partial charge on any atom is 0.306 e. The summed E-state index contributed by atoms with van der Waals surface area (Å²) < 4.78 is 31.7. The van der Waals surface area contributed by atoms with E-state index in [0.717, 1.165) is 0 Å². The Morgan fingerprint density at radius 2 is 2.18 bits per heavy atom. The van der Waals surface area contributed by atoms with Crippen molar-refractivity contribution < 1.29 is 17.1 Å². The fraction of sp³-hybridized carbons (Fsp3) is 0.400. The third-order valence-corrected chi connectivity index (χ3v) is 1.50. The van der Waals surface area contributed by atoms with Crippen molar-refractivity contribution in [3.05, 3.63) is 12.2 Å². The van der Waals surface area contributed by atoms with Gasteiger partial charge < -0.3 is 0 Å². The SMILES string of the molecule is C=C(CN=C=O)CS(=O)(=O)F. The van der Waals surface area contributed by atoms with E-state index < -0.39 is 16.0 Å². The molecule has 0 aromatic carbocycles. The van der Waals surface area contributed by atoms with Crippen LogP contribution in [0.5, 0.6) is 0 Å². The molecule has 0 aliphatic carbocycles. The topological polar surface area (TPSA) is 63.6 Å². The van der Waals surface area contributed by atoms with E-state index in [9.17, 15) is 17.1 Å². The zero-order chi connectivity index (χ0) is 8.91. The van der Waals surface area contributed by atoms with Gasteiger partial charge >= 0.3 is 10.2 Å². The summed E-state index contributed by atoms with van der Waals surface area (Å²) in [7, 11) is -4.54. The first-order valence-corrected chi connectivity index (χ1v) is 4.13. The van der Waals surface area contributed by atoms with Crippen molar-refractivity contribution in [1.82, 2.24) is 0 Å². The Morgan fingerprint density at radius 1 is 1.64 bits per heavy atom. The number of nitrogens with zero attached hydrogens (tertiary/aromatic N) is 1. The molecule has 0 amide bonds. The quantitative estimate of drug-likeness (QED) is 0.267. The molecule has 0 spiro atoms. The minimum Gasteiger partial charge on any atom is -0.211 e. The van der Waals surface area contributed by atoms with Gasteiger partial charge in [0, 0.05) is 0 Å². The maximum atomic E-state index is 11.8. The zero-order valence-electron chi connectivity index (χ0n) is 5.58. The van der Waals surface area contributed by atoms with Crippen molar-refractivity contribution in [3.8, 4) is 0 Å². The molecule has 0 unspecified atom stereocenters. The van der Waals surface area contributed by atoms with Gasteiger partial charge in [-0.2, -0.15) is 8.42 Å². The second kappa shape index (κ2) is 4.00. The van der Waals surface area contributed by atoms with E-state index in [4.69, 9.17) is 0 Å². The van der Waals surface area contributed by atoms with Gasteiger partial charge in [-0.05, 0) is 5.57 Å². The molecule has 0 radical (unpaired) electrons. The minimum atomic E-state index is -4.54. The Morgan fingerprint density at radius 3 is 2.55 bits per heavy atom. The van der Waals surface area contributed by atoms with E-state index in [0.29, 0.717) is 0 Å². The lowest BCUT2D eigenvalue weighted by Gasteiger charge is -1.93. The molecular weight excluding hydrogens is 173 g/mol. The van der Waals surface area contributed by atoms with Crippen LogP contribution in [-0.2, 0) is 15.0 Å². The Balaban J connectivity index is 4.00. The molecule has 0 heterocycles. The highest BCUT2D eigenvalue weighted by Crippen LogP contribution is 1.99. The predicted molar refractivity (Wildman–Crippen MR) is 37.0 cm³/mol. The molecule has 6 heteroatoms. The zero-order valence-corrected chi connectivity index (χ0v) is 6.40. The van der Waals surface area contributed by atoms with E-state index in [1.54, 1.807) is 0 Å². The number of hydrogen-bond acceptors (Lipinski definition) is 4. The van der Waals surface area contributed by atoms with Crippen LogP contribution in [-0.4, -0.2) is 26.8 Å². The molecule has 0 N–H and O–H groups in total. The molecule has 62 valence electrons. The molecule has 0 fully saturated rings. The molecular formula is C5H6FNO3S. The third kappa shape index (κ3) is 6.89. The molecule has 0 saturated carbocycles. The normalized spacial score (nSPS) is 10.3. The lowest BCUT2D eigenvalue weighted by molar-refractivity contribution is 0.553. The van der Waals surface area contributed by atoms with E-state index >= 15 is 0 Å². The van der Waals surface area contributed by atoms with Gasteiger partial charge in [-0.25, -0.2) is 9.79 Å². The van der Waals surface area contributed by atoms with E-state index in [2.05, 4.69) is 11.6 Å². The number of carbonyl (C=O) groups excluding carboxylic acids is 1. The first-order valence-electron chi connectivity index (χ1n) is 2.58. The van der Waals surface area contributed by atoms with Gasteiger partial charge in [0.1, 0.15) is 5.75 Å². The van der Waals surface area contributed by atoms with Gasteiger partial charge in [0.2, 0.25) is 6.08 Å². The molecule has 0 aromatic heterocycles. The minimum absolute atomic E-state index is 0.0239. The molecule has 0 aromatic rings. The van der Waals surface area contributed by atoms with Crippen LogP contribution in [0.15, 0.2) is 17.1 Å². The van der Waals surface area contributed by atoms with E-state index in [-0.39, 0.29) is 12.1 Å². The summed E-state index contributed by atoms with van der Waals surface area (Å²) in [5, 5.41) is 0. The molecule has 0 aliphatic heterocycles. The van der Waals surface area contributed by atoms with Crippen LogP contribution in [0.25, 0.3) is 0 Å². The number of halogens is 1. The Hall–Kier alpha value is -1.00. The Kier molecular flexibility index (Phi) is 3.64. The monoisotopic (exact) mass is 179 g/mol. The lowest BCUT2D eigenvalue weighted by atomic mass is 10.4. The summed E-state index contributed by atoms with van der Waals surface area (Å²) >= 11 is 0. The fourth-order valence-electron chi connectivity index (χ4n) is 0.434. The summed E-state index contributed by atoms with van der Waals surface area (Å²) in [5.74, 6) is -0.793. The average molecular weight is 179 g/mol. The fourth-order valence-corrected chi connectivity index (χ4v) is 1.01. The second-order valence-corrected chi connectivity index (χ2v) is 3.21. The summed E-state index contributed by atoms with van der Waals surface area (Å²) in [4.78, 5) is 12.5.